The first-order valence-electron chi connectivity index (χ1n) is 8.49. The molecular formula is C22H19Cl2NO2. The van der Waals surface area contributed by atoms with Crippen LogP contribution >= 0.6 is 23.2 Å². The summed E-state index contributed by atoms with van der Waals surface area (Å²) >= 11 is 12.3. The van der Waals surface area contributed by atoms with E-state index in [0.29, 0.717) is 15.8 Å². The van der Waals surface area contributed by atoms with Crippen molar-refractivity contribution in [2.45, 2.75) is 20.0 Å². The molecule has 0 saturated heterocycles. The van der Waals surface area contributed by atoms with Crippen molar-refractivity contribution < 1.29 is 9.53 Å². The average molecular weight is 400 g/mol. The van der Waals surface area contributed by atoms with Crippen LogP contribution in [0.1, 0.15) is 22.8 Å². The van der Waals surface area contributed by atoms with Crippen LogP contribution < -0.4 is 10.1 Å². The molecule has 138 valence electrons. The minimum Gasteiger partial charge on any atom is -0.474 e. The largest absolute Gasteiger partial charge is 0.474 e. The highest BCUT2D eigenvalue weighted by Crippen LogP contribution is 2.32. The smallest absolute Gasteiger partial charge is 0.270 e. The highest BCUT2D eigenvalue weighted by Gasteiger charge is 2.24. The number of anilines is 1. The molecule has 1 N–H and O–H groups in total. The quantitative estimate of drug-likeness (QED) is 0.541. The maximum Gasteiger partial charge on any atom is 0.270 e. The molecule has 3 rings (SSSR count). The summed E-state index contributed by atoms with van der Waals surface area (Å²) in [5.74, 6) is 0.0695. The lowest BCUT2D eigenvalue weighted by Crippen LogP contribution is -2.26. The first-order chi connectivity index (χ1) is 12.9. The lowest BCUT2D eigenvalue weighted by molar-refractivity contribution is -0.123. The van der Waals surface area contributed by atoms with Gasteiger partial charge < -0.3 is 10.1 Å². The van der Waals surface area contributed by atoms with Crippen LogP contribution in [0.25, 0.3) is 0 Å². The van der Waals surface area contributed by atoms with Crippen molar-refractivity contribution >= 4 is 34.8 Å². The molecule has 0 aliphatic rings. The molecule has 1 atom stereocenters. The predicted molar refractivity (Wildman–Crippen MR) is 111 cm³/mol. The summed E-state index contributed by atoms with van der Waals surface area (Å²) in [5.41, 5.74) is 3.51. The van der Waals surface area contributed by atoms with Gasteiger partial charge in [-0.05, 0) is 43.2 Å². The van der Waals surface area contributed by atoms with Crippen molar-refractivity contribution in [3.63, 3.8) is 0 Å². The fourth-order valence-electron chi connectivity index (χ4n) is 2.66. The topological polar surface area (TPSA) is 38.3 Å². The molecule has 3 aromatic rings. The van der Waals surface area contributed by atoms with Crippen molar-refractivity contribution in [1.29, 1.82) is 0 Å². The van der Waals surface area contributed by atoms with E-state index in [-0.39, 0.29) is 5.91 Å². The van der Waals surface area contributed by atoms with Crippen LogP contribution in [0.2, 0.25) is 10.0 Å². The van der Waals surface area contributed by atoms with Gasteiger partial charge in [0.2, 0.25) is 6.10 Å². The van der Waals surface area contributed by atoms with Gasteiger partial charge in [0, 0.05) is 22.3 Å². The third-order valence-electron chi connectivity index (χ3n) is 4.13. The first kappa shape index (κ1) is 19.3. The van der Waals surface area contributed by atoms with Crippen molar-refractivity contribution in [3.8, 4) is 5.75 Å². The Morgan fingerprint density at radius 1 is 0.963 bits per heavy atom. The number of halogens is 2. The van der Waals surface area contributed by atoms with Crippen LogP contribution in [0, 0.1) is 13.8 Å². The Balaban J connectivity index is 1.93. The second-order valence-corrected chi connectivity index (χ2v) is 7.13. The van der Waals surface area contributed by atoms with Crippen LogP contribution in [-0.4, -0.2) is 5.91 Å². The standard InChI is InChI=1S/C22H19Cl2NO2/c1-14-8-9-15(2)19(12-14)25-22(26)21(16-6-4-3-5-7-16)27-20-13-17(23)10-11-18(20)24/h3-13,21H,1-2H3,(H,25,26)/t21-/m1/s1. The van der Waals surface area contributed by atoms with E-state index >= 15 is 0 Å². The van der Waals surface area contributed by atoms with Crippen LogP contribution in [0.4, 0.5) is 5.69 Å². The first-order valence-corrected chi connectivity index (χ1v) is 9.24. The average Bonchev–Trinajstić information content (AvgIpc) is 2.66. The molecule has 3 nitrogen and oxygen atoms in total. The normalized spacial score (nSPS) is 11.7. The maximum absolute atomic E-state index is 13.1. The van der Waals surface area contributed by atoms with E-state index in [1.54, 1.807) is 18.2 Å². The van der Waals surface area contributed by atoms with Crippen molar-refractivity contribution in [1.82, 2.24) is 0 Å². The summed E-state index contributed by atoms with van der Waals surface area (Å²) in [5, 5.41) is 3.84. The van der Waals surface area contributed by atoms with Crippen LogP contribution in [0.3, 0.4) is 0 Å². The molecule has 0 spiro atoms. The Bertz CT molecular complexity index is 958. The van der Waals surface area contributed by atoms with Gasteiger partial charge in [0.05, 0.1) is 5.02 Å². The highest BCUT2D eigenvalue weighted by atomic mass is 35.5. The second kappa shape index (κ2) is 8.47. The summed E-state index contributed by atoms with van der Waals surface area (Å²) in [4.78, 5) is 13.1. The van der Waals surface area contributed by atoms with E-state index < -0.39 is 6.10 Å². The lowest BCUT2D eigenvalue weighted by atomic mass is 10.1. The van der Waals surface area contributed by atoms with Gasteiger partial charge in [-0.2, -0.15) is 0 Å². The second-order valence-electron chi connectivity index (χ2n) is 6.29. The number of rotatable bonds is 5. The number of ether oxygens (including phenoxy) is 1. The van der Waals surface area contributed by atoms with Gasteiger partial charge in [-0.25, -0.2) is 0 Å². The third kappa shape index (κ3) is 4.82. The zero-order valence-corrected chi connectivity index (χ0v) is 16.5. The molecule has 27 heavy (non-hydrogen) atoms. The Hall–Kier alpha value is -2.49. The van der Waals surface area contributed by atoms with Gasteiger partial charge in [-0.3, -0.25) is 4.79 Å². The van der Waals surface area contributed by atoms with Crippen molar-refractivity contribution in [2.75, 3.05) is 5.32 Å². The van der Waals surface area contributed by atoms with Gasteiger partial charge >= 0.3 is 0 Å². The van der Waals surface area contributed by atoms with Crippen LogP contribution in [-0.2, 0) is 4.79 Å². The summed E-state index contributed by atoms with van der Waals surface area (Å²) < 4.78 is 5.99. The zero-order chi connectivity index (χ0) is 19.4. The van der Waals surface area contributed by atoms with E-state index in [0.717, 1.165) is 22.4 Å². The number of hydrogen-bond donors (Lipinski definition) is 1. The van der Waals surface area contributed by atoms with Crippen molar-refractivity contribution in [3.05, 3.63) is 93.5 Å². The molecule has 0 heterocycles. The fourth-order valence-corrected chi connectivity index (χ4v) is 2.99. The number of amides is 1. The predicted octanol–water partition coefficient (Wildman–Crippen LogP) is 6.37. The van der Waals surface area contributed by atoms with E-state index in [2.05, 4.69) is 5.32 Å². The number of hydrogen-bond acceptors (Lipinski definition) is 2. The third-order valence-corrected chi connectivity index (χ3v) is 4.68. The van der Waals surface area contributed by atoms with Crippen molar-refractivity contribution in [2.24, 2.45) is 0 Å². The molecule has 0 saturated carbocycles. The van der Waals surface area contributed by atoms with Gasteiger partial charge in [0.15, 0.2) is 0 Å². The summed E-state index contributed by atoms with van der Waals surface area (Å²) in [6.07, 6.45) is -0.873. The Labute approximate surface area is 168 Å². The molecule has 3 aromatic carbocycles. The molecular weight excluding hydrogens is 381 g/mol. The van der Waals surface area contributed by atoms with Gasteiger partial charge in [0.25, 0.3) is 5.91 Å². The summed E-state index contributed by atoms with van der Waals surface area (Å²) in [7, 11) is 0. The molecule has 5 heteroatoms. The molecule has 0 unspecified atom stereocenters. The Kier molecular flexibility index (Phi) is 6.04. The maximum atomic E-state index is 13.1. The summed E-state index contributed by atoms with van der Waals surface area (Å²) in [6, 6.07) is 20.1. The lowest BCUT2D eigenvalue weighted by Gasteiger charge is -2.21. The highest BCUT2D eigenvalue weighted by molar-refractivity contribution is 6.34. The molecule has 0 aliphatic carbocycles. The minimum absolute atomic E-state index is 0.286. The zero-order valence-electron chi connectivity index (χ0n) is 15.0. The van der Waals surface area contributed by atoms with E-state index in [1.165, 1.54) is 0 Å². The van der Waals surface area contributed by atoms with Crippen LogP contribution in [0.5, 0.6) is 5.75 Å². The Morgan fingerprint density at radius 2 is 1.70 bits per heavy atom. The Morgan fingerprint density at radius 3 is 2.44 bits per heavy atom. The number of carbonyl (C=O) groups excluding carboxylic acids is 1. The SMILES string of the molecule is Cc1ccc(C)c(NC(=O)[C@H](Oc2cc(Cl)ccc2Cl)c2ccccc2)c1. The molecule has 1 amide bonds. The number of benzene rings is 3. The molecule has 0 radical (unpaired) electrons. The van der Waals surface area contributed by atoms with E-state index in [1.807, 2.05) is 62.4 Å². The number of nitrogens with one attached hydrogen (secondary N) is 1. The van der Waals surface area contributed by atoms with Gasteiger partial charge in [-0.15, -0.1) is 0 Å². The van der Waals surface area contributed by atoms with E-state index in [4.69, 9.17) is 27.9 Å². The number of aryl methyl sites for hydroxylation is 2. The van der Waals surface area contributed by atoms with Gasteiger partial charge in [0.1, 0.15) is 5.75 Å². The molecule has 0 aromatic heterocycles. The summed E-state index contributed by atoms with van der Waals surface area (Å²) in [6.45, 7) is 3.92. The monoisotopic (exact) mass is 399 g/mol. The minimum atomic E-state index is -0.873. The molecule has 0 bridgehead atoms. The molecule has 0 fully saturated rings. The number of carbonyl (C=O) groups is 1. The van der Waals surface area contributed by atoms with E-state index in [9.17, 15) is 4.79 Å². The van der Waals surface area contributed by atoms with Gasteiger partial charge in [-0.1, -0.05) is 65.7 Å². The van der Waals surface area contributed by atoms with Crippen LogP contribution in [0.15, 0.2) is 66.7 Å². The molecule has 0 aliphatic heterocycles. The fraction of sp³-hybridized carbons (Fsp3) is 0.136.